The second-order valence-corrected chi connectivity index (χ2v) is 6.72. The Bertz CT molecular complexity index is 713. The number of rotatable bonds is 7. The number of aliphatic hydroxyl groups is 2. The van der Waals surface area contributed by atoms with E-state index in [2.05, 4.69) is 27.4 Å². The van der Waals surface area contributed by atoms with Gasteiger partial charge in [-0.15, -0.1) is 0 Å². The quantitative estimate of drug-likeness (QED) is 0.658. The molecule has 7 heteroatoms. The lowest BCUT2D eigenvalue weighted by Gasteiger charge is -2.26. The maximum Gasteiger partial charge on any atom is 0.271 e. The van der Waals surface area contributed by atoms with Crippen LogP contribution in [0, 0.1) is 0 Å². The van der Waals surface area contributed by atoms with E-state index in [9.17, 15) is 15.0 Å². The van der Waals surface area contributed by atoms with Crippen molar-refractivity contribution in [3.8, 4) is 0 Å². The molecule has 0 spiro atoms. The summed E-state index contributed by atoms with van der Waals surface area (Å²) in [6.45, 7) is 1.47. The molecule has 1 aliphatic heterocycles. The molecule has 2 heterocycles. The van der Waals surface area contributed by atoms with Gasteiger partial charge in [-0.2, -0.15) is 0 Å². The molecule has 26 heavy (non-hydrogen) atoms. The lowest BCUT2D eigenvalue weighted by atomic mass is 10.0. The van der Waals surface area contributed by atoms with Crippen LogP contribution in [0.15, 0.2) is 48.9 Å². The van der Waals surface area contributed by atoms with Gasteiger partial charge in [0.2, 0.25) is 0 Å². The van der Waals surface area contributed by atoms with Gasteiger partial charge >= 0.3 is 0 Å². The molecule has 1 amide bonds. The van der Waals surface area contributed by atoms with Crippen molar-refractivity contribution in [2.75, 3.05) is 26.2 Å². The summed E-state index contributed by atoms with van der Waals surface area (Å²) in [5.74, 6) is -0.416. The SMILES string of the molecule is O=C(NC[C@]1(O)CN(CCCc2ccccc2)C[C@H]1O)c1cnccn1. The Morgan fingerprint density at radius 2 is 2.12 bits per heavy atom. The minimum Gasteiger partial charge on any atom is -0.389 e. The molecule has 0 unspecified atom stereocenters. The van der Waals surface area contributed by atoms with Gasteiger partial charge in [-0.05, 0) is 24.9 Å². The van der Waals surface area contributed by atoms with Gasteiger partial charge in [0.15, 0.2) is 0 Å². The molecule has 0 bridgehead atoms. The fourth-order valence-corrected chi connectivity index (χ4v) is 3.21. The van der Waals surface area contributed by atoms with Crippen LogP contribution >= 0.6 is 0 Å². The highest BCUT2D eigenvalue weighted by Gasteiger charge is 2.44. The van der Waals surface area contributed by atoms with Crippen LogP contribution in [-0.4, -0.2) is 68.9 Å². The van der Waals surface area contributed by atoms with Crippen LogP contribution in [0.1, 0.15) is 22.5 Å². The van der Waals surface area contributed by atoms with Crippen molar-refractivity contribution in [1.29, 1.82) is 0 Å². The van der Waals surface area contributed by atoms with E-state index in [1.807, 2.05) is 23.1 Å². The summed E-state index contributed by atoms with van der Waals surface area (Å²) >= 11 is 0. The summed E-state index contributed by atoms with van der Waals surface area (Å²) in [5.41, 5.74) is 0.104. The number of carbonyl (C=O) groups is 1. The summed E-state index contributed by atoms with van der Waals surface area (Å²) in [6.07, 6.45) is 5.27. The lowest BCUT2D eigenvalue weighted by Crippen LogP contribution is -2.51. The third kappa shape index (κ3) is 4.63. The van der Waals surface area contributed by atoms with Crippen LogP contribution in [0.2, 0.25) is 0 Å². The van der Waals surface area contributed by atoms with E-state index >= 15 is 0 Å². The van der Waals surface area contributed by atoms with Gasteiger partial charge < -0.3 is 15.5 Å². The van der Waals surface area contributed by atoms with Crippen molar-refractivity contribution in [3.05, 3.63) is 60.2 Å². The highest BCUT2D eigenvalue weighted by Crippen LogP contribution is 2.22. The zero-order valence-electron chi connectivity index (χ0n) is 14.6. The minimum absolute atomic E-state index is 0.0290. The first kappa shape index (κ1) is 18.4. The molecule has 0 saturated carbocycles. The molecule has 2 aromatic rings. The number of aryl methyl sites for hydroxylation is 1. The zero-order chi connectivity index (χ0) is 18.4. The number of aliphatic hydroxyl groups excluding tert-OH is 1. The van der Waals surface area contributed by atoms with Gasteiger partial charge in [0.25, 0.3) is 5.91 Å². The summed E-state index contributed by atoms with van der Waals surface area (Å²) in [5, 5.41) is 23.6. The van der Waals surface area contributed by atoms with Crippen molar-refractivity contribution >= 4 is 5.91 Å². The number of benzene rings is 1. The van der Waals surface area contributed by atoms with E-state index in [1.165, 1.54) is 24.2 Å². The van der Waals surface area contributed by atoms with Crippen molar-refractivity contribution in [2.24, 2.45) is 0 Å². The molecule has 1 saturated heterocycles. The maximum absolute atomic E-state index is 12.0. The Hall–Kier alpha value is -2.35. The second kappa shape index (κ2) is 8.35. The molecule has 0 radical (unpaired) electrons. The Morgan fingerprint density at radius 1 is 1.31 bits per heavy atom. The van der Waals surface area contributed by atoms with Crippen LogP contribution in [0.4, 0.5) is 0 Å². The topological polar surface area (TPSA) is 98.6 Å². The van der Waals surface area contributed by atoms with E-state index in [0.29, 0.717) is 13.1 Å². The minimum atomic E-state index is -1.36. The highest BCUT2D eigenvalue weighted by molar-refractivity contribution is 5.91. The Kier molecular flexibility index (Phi) is 5.92. The molecule has 1 aromatic carbocycles. The van der Waals surface area contributed by atoms with Crippen molar-refractivity contribution < 1.29 is 15.0 Å². The van der Waals surface area contributed by atoms with Gasteiger partial charge in [0.05, 0.1) is 18.8 Å². The van der Waals surface area contributed by atoms with Crippen LogP contribution in [0.25, 0.3) is 0 Å². The molecule has 3 N–H and O–H groups in total. The number of aromatic nitrogens is 2. The number of hydrogen-bond donors (Lipinski definition) is 3. The molecule has 7 nitrogen and oxygen atoms in total. The normalized spacial score (nSPS) is 23.1. The van der Waals surface area contributed by atoms with Gasteiger partial charge in [-0.25, -0.2) is 4.98 Å². The number of nitrogens with one attached hydrogen (secondary N) is 1. The average Bonchev–Trinajstić information content (AvgIpc) is 2.95. The number of β-amino-alcohol motifs (C(OH)–C–C–N with tert-alkyl or cyclic N) is 2. The second-order valence-electron chi connectivity index (χ2n) is 6.72. The summed E-state index contributed by atoms with van der Waals surface area (Å²) in [7, 11) is 0. The zero-order valence-corrected chi connectivity index (χ0v) is 14.6. The maximum atomic E-state index is 12.0. The van der Waals surface area contributed by atoms with Crippen molar-refractivity contribution in [2.45, 2.75) is 24.5 Å². The standard InChI is InChI=1S/C19H24N4O3/c24-17-12-23(10-4-7-15-5-2-1-3-6-15)14-19(17,26)13-22-18(25)16-11-20-8-9-21-16/h1-3,5-6,8-9,11,17,24,26H,4,7,10,12-14H2,(H,22,25)/t17-,19+/m1/s1. The number of carbonyl (C=O) groups excluding carboxylic acids is 1. The van der Waals surface area contributed by atoms with E-state index in [0.717, 1.165) is 19.4 Å². The third-order valence-electron chi connectivity index (χ3n) is 4.68. The van der Waals surface area contributed by atoms with E-state index in [4.69, 9.17) is 0 Å². The number of likely N-dealkylation sites (tertiary alicyclic amines) is 1. The predicted octanol–water partition coefficient (Wildman–Crippen LogP) is 0.247. The van der Waals surface area contributed by atoms with E-state index < -0.39 is 17.6 Å². The Morgan fingerprint density at radius 3 is 2.85 bits per heavy atom. The van der Waals surface area contributed by atoms with E-state index in [1.54, 1.807) is 0 Å². The molecule has 138 valence electrons. The van der Waals surface area contributed by atoms with Crippen molar-refractivity contribution in [1.82, 2.24) is 20.2 Å². The van der Waals surface area contributed by atoms with Gasteiger partial charge in [-0.1, -0.05) is 30.3 Å². The fourth-order valence-electron chi connectivity index (χ4n) is 3.21. The first-order valence-electron chi connectivity index (χ1n) is 8.78. The van der Waals surface area contributed by atoms with Gasteiger partial charge in [0, 0.05) is 25.5 Å². The monoisotopic (exact) mass is 356 g/mol. The summed E-state index contributed by atoms with van der Waals surface area (Å²) in [6, 6.07) is 10.2. The van der Waals surface area contributed by atoms with Crippen LogP contribution in [0.3, 0.4) is 0 Å². The molecule has 1 aromatic heterocycles. The molecule has 1 aliphatic rings. The van der Waals surface area contributed by atoms with Crippen LogP contribution in [0.5, 0.6) is 0 Å². The average molecular weight is 356 g/mol. The van der Waals surface area contributed by atoms with Crippen molar-refractivity contribution in [3.63, 3.8) is 0 Å². The van der Waals surface area contributed by atoms with Crippen LogP contribution in [-0.2, 0) is 6.42 Å². The Balaban J connectivity index is 1.46. The van der Waals surface area contributed by atoms with E-state index in [-0.39, 0.29) is 12.2 Å². The highest BCUT2D eigenvalue weighted by atomic mass is 16.3. The number of amides is 1. The lowest BCUT2D eigenvalue weighted by molar-refractivity contribution is -0.0377. The Labute approximate surface area is 152 Å². The molecular formula is C19H24N4O3. The fraction of sp³-hybridized carbons (Fsp3) is 0.421. The molecular weight excluding hydrogens is 332 g/mol. The number of nitrogens with zero attached hydrogens (tertiary/aromatic N) is 3. The van der Waals surface area contributed by atoms with Gasteiger partial charge in [0.1, 0.15) is 11.3 Å². The third-order valence-corrected chi connectivity index (χ3v) is 4.68. The first-order chi connectivity index (χ1) is 12.6. The largest absolute Gasteiger partial charge is 0.389 e. The van der Waals surface area contributed by atoms with Gasteiger partial charge in [-0.3, -0.25) is 14.7 Å². The first-order valence-corrected chi connectivity index (χ1v) is 8.78. The molecule has 1 fully saturated rings. The molecule has 0 aliphatic carbocycles. The summed E-state index contributed by atoms with van der Waals surface area (Å²) in [4.78, 5) is 21.8. The molecule has 2 atom stereocenters. The molecule has 3 rings (SSSR count). The number of hydrogen-bond acceptors (Lipinski definition) is 6. The smallest absolute Gasteiger partial charge is 0.271 e. The predicted molar refractivity (Wildman–Crippen MR) is 96.5 cm³/mol. The summed E-state index contributed by atoms with van der Waals surface area (Å²) < 4.78 is 0. The van der Waals surface area contributed by atoms with Crippen LogP contribution < -0.4 is 5.32 Å².